The Bertz CT molecular complexity index is 718. The highest BCUT2D eigenvalue weighted by Gasteiger charge is 2.24. The third-order valence-electron chi connectivity index (χ3n) is 4.48. The average molecular weight is 359 g/mol. The van der Waals surface area contributed by atoms with Gasteiger partial charge < -0.3 is 10.1 Å². The Morgan fingerprint density at radius 1 is 1.12 bits per heavy atom. The molecular weight excluding hydrogens is 336 g/mol. The lowest BCUT2D eigenvalue weighted by Crippen LogP contribution is -2.39. The molecule has 2 aromatic rings. The monoisotopic (exact) mass is 358 g/mol. The van der Waals surface area contributed by atoms with E-state index in [1.165, 1.54) is 0 Å². The molecule has 1 saturated carbocycles. The molecule has 5 heteroatoms. The summed E-state index contributed by atoms with van der Waals surface area (Å²) in [6, 6.07) is 9.71. The molecular formula is C20H23ClN2O2. The van der Waals surface area contributed by atoms with Gasteiger partial charge in [0.05, 0.1) is 5.02 Å². The Morgan fingerprint density at radius 2 is 1.80 bits per heavy atom. The van der Waals surface area contributed by atoms with E-state index in [0.29, 0.717) is 10.9 Å². The van der Waals surface area contributed by atoms with Crippen molar-refractivity contribution in [2.24, 2.45) is 0 Å². The average Bonchev–Trinajstić information content (AvgIpc) is 2.58. The van der Waals surface area contributed by atoms with E-state index in [0.717, 1.165) is 42.4 Å². The van der Waals surface area contributed by atoms with Crippen molar-refractivity contribution in [1.29, 1.82) is 0 Å². The van der Waals surface area contributed by atoms with Crippen LogP contribution in [-0.4, -0.2) is 23.0 Å². The molecule has 1 aliphatic rings. The molecule has 0 unspecified atom stereocenters. The second kappa shape index (κ2) is 7.87. The molecule has 1 aromatic carbocycles. The Hall–Kier alpha value is -2.07. The van der Waals surface area contributed by atoms with Crippen molar-refractivity contribution in [3.63, 3.8) is 0 Å². The summed E-state index contributed by atoms with van der Waals surface area (Å²) in [5, 5.41) is 3.76. The predicted octanol–water partition coefficient (Wildman–Crippen LogP) is 4.47. The van der Waals surface area contributed by atoms with E-state index in [9.17, 15) is 4.79 Å². The molecule has 1 heterocycles. The number of halogens is 1. The van der Waals surface area contributed by atoms with Crippen LogP contribution in [0.2, 0.25) is 5.02 Å². The quantitative estimate of drug-likeness (QED) is 0.877. The zero-order valence-corrected chi connectivity index (χ0v) is 15.3. The maximum atomic E-state index is 12.5. The molecule has 0 atom stereocenters. The number of nitrogens with zero attached hydrogens (tertiary/aromatic N) is 1. The van der Waals surface area contributed by atoms with Crippen LogP contribution in [0.25, 0.3) is 0 Å². The Balaban J connectivity index is 1.50. The third kappa shape index (κ3) is 4.95. The van der Waals surface area contributed by atoms with E-state index in [1.807, 2.05) is 26.0 Å². The van der Waals surface area contributed by atoms with Crippen molar-refractivity contribution >= 4 is 17.5 Å². The van der Waals surface area contributed by atoms with E-state index in [1.54, 1.807) is 18.3 Å². The fourth-order valence-corrected chi connectivity index (χ4v) is 3.41. The van der Waals surface area contributed by atoms with Crippen molar-refractivity contribution in [2.75, 3.05) is 0 Å². The smallest absolute Gasteiger partial charge is 0.251 e. The van der Waals surface area contributed by atoms with Crippen LogP contribution in [0.5, 0.6) is 5.88 Å². The van der Waals surface area contributed by atoms with Gasteiger partial charge in [-0.05, 0) is 57.7 Å². The lowest BCUT2D eigenvalue weighted by molar-refractivity contribution is 0.0890. The highest BCUT2D eigenvalue weighted by atomic mass is 35.5. The predicted molar refractivity (Wildman–Crippen MR) is 99.3 cm³/mol. The molecule has 1 aromatic heterocycles. The molecule has 1 fully saturated rings. The van der Waals surface area contributed by atoms with E-state index in [4.69, 9.17) is 16.3 Å². The fourth-order valence-electron chi connectivity index (χ4n) is 3.30. The summed E-state index contributed by atoms with van der Waals surface area (Å²) in [6.45, 7) is 4.02. The molecule has 3 rings (SSSR count). The summed E-state index contributed by atoms with van der Waals surface area (Å²) in [5.41, 5.74) is 2.96. The zero-order chi connectivity index (χ0) is 17.8. The normalized spacial score (nSPS) is 20.1. The molecule has 0 radical (unpaired) electrons. The largest absolute Gasteiger partial charge is 0.474 e. The first-order chi connectivity index (χ1) is 12.0. The number of benzene rings is 1. The number of ether oxygens (including phenoxy) is 1. The topological polar surface area (TPSA) is 51.2 Å². The third-order valence-corrected chi connectivity index (χ3v) is 4.70. The summed E-state index contributed by atoms with van der Waals surface area (Å²) in [6.07, 6.45) is 5.36. The van der Waals surface area contributed by atoms with Gasteiger partial charge in [-0.25, -0.2) is 4.98 Å². The van der Waals surface area contributed by atoms with E-state index < -0.39 is 0 Å². The molecule has 0 saturated heterocycles. The molecule has 0 bridgehead atoms. The van der Waals surface area contributed by atoms with Crippen LogP contribution in [-0.2, 0) is 0 Å². The van der Waals surface area contributed by atoms with E-state index in [-0.39, 0.29) is 18.1 Å². The maximum Gasteiger partial charge on any atom is 0.251 e. The molecule has 4 nitrogen and oxygen atoms in total. The van der Waals surface area contributed by atoms with Crippen LogP contribution >= 0.6 is 11.6 Å². The van der Waals surface area contributed by atoms with Crippen LogP contribution in [0.15, 0.2) is 36.5 Å². The van der Waals surface area contributed by atoms with Gasteiger partial charge in [0, 0.05) is 23.9 Å². The van der Waals surface area contributed by atoms with Gasteiger partial charge in [-0.3, -0.25) is 4.79 Å². The van der Waals surface area contributed by atoms with Crippen molar-refractivity contribution in [3.05, 3.63) is 58.2 Å². The number of hydrogen-bond donors (Lipinski definition) is 1. The number of carbonyl (C=O) groups excluding carboxylic acids is 1. The van der Waals surface area contributed by atoms with Crippen LogP contribution < -0.4 is 10.1 Å². The summed E-state index contributed by atoms with van der Waals surface area (Å²) >= 11 is 5.83. The van der Waals surface area contributed by atoms with Crippen LogP contribution in [0.4, 0.5) is 0 Å². The standard InChI is InChI=1S/C20H23ClN2O2/c1-13-9-14(2)11-15(10-13)20(24)23-17-4-6-18(7-5-17)25-19-8-3-16(21)12-22-19/h3,8-12,17-18H,4-7H2,1-2H3,(H,23,24). The molecule has 132 valence electrons. The first-order valence-corrected chi connectivity index (χ1v) is 9.05. The van der Waals surface area contributed by atoms with Gasteiger partial charge in [0.1, 0.15) is 6.10 Å². The Morgan fingerprint density at radius 3 is 2.40 bits per heavy atom. The highest BCUT2D eigenvalue weighted by Crippen LogP contribution is 2.24. The number of carbonyl (C=O) groups is 1. The van der Waals surface area contributed by atoms with E-state index in [2.05, 4.69) is 16.4 Å². The highest BCUT2D eigenvalue weighted by molar-refractivity contribution is 6.30. The second-order valence-corrected chi connectivity index (χ2v) is 7.19. The minimum absolute atomic E-state index is 0.00976. The van der Waals surface area contributed by atoms with Gasteiger partial charge >= 0.3 is 0 Å². The number of pyridine rings is 1. The minimum atomic E-state index is 0.00976. The number of amides is 1. The zero-order valence-electron chi connectivity index (χ0n) is 14.6. The fraction of sp³-hybridized carbons (Fsp3) is 0.400. The van der Waals surface area contributed by atoms with Gasteiger partial charge in [0.15, 0.2) is 0 Å². The summed E-state index contributed by atoms with van der Waals surface area (Å²) in [4.78, 5) is 16.6. The summed E-state index contributed by atoms with van der Waals surface area (Å²) < 4.78 is 5.90. The minimum Gasteiger partial charge on any atom is -0.474 e. The summed E-state index contributed by atoms with van der Waals surface area (Å²) in [7, 11) is 0. The SMILES string of the molecule is Cc1cc(C)cc(C(=O)NC2CCC(Oc3ccc(Cl)cn3)CC2)c1. The molecule has 1 amide bonds. The Kier molecular flexibility index (Phi) is 5.59. The lowest BCUT2D eigenvalue weighted by Gasteiger charge is -2.29. The van der Waals surface area contributed by atoms with Crippen molar-refractivity contribution < 1.29 is 9.53 Å². The second-order valence-electron chi connectivity index (χ2n) is 6.76. The number of hydrogen-bond acceptors (Lipinski definition) is 3. The molecule has 1 aliphatic carbocycles. The van der Waals surface area contributed by atoms with E-state index >= 15 is 0 Å². The van der Waals surface area contributed by atoms with Gasteiger partial charge in [0.25, 0.3) is 5.91 Å². The van der Waals surface area contributed by atoms with Crippen molar-refractivity contribution in [3.8, 4) is 5.88 Å². The van der Waals surface area contributed by atoms with Crippen molar-refractivity contribution in [2.45, 2.75) is 51.7 Å². The van der Waals surface area contributed by atoms with Crippen molar-refractivity contribution in [1.82, 2.24) is 10.3 Å². The number of aromatic nitrogens is 1. The molecule has 25 heavy (non-hydrogen) atoms. The molecule has 1 N–H and O–H groups in total. The molecule has 0 spiro atoms. The molecule has 0 aliphatic heterocycles. The lowest BCUT2D eigenvalue weighted by atomic mass is 9.92. The van der Waals surface area contributed by atoms with Crippen LogP contribution in [0.3, 0.4) is 0 Å². The number of nitrogens with one attached hydrogen (secondary N) is 1. The summed E-state index contributed by atoms with van der Waals surface area (Å²) in [5.74, 6) is 0.614. The van der Waals surface area contributed by atoms with Crippen LogP contribution in [0.1, 0.15) is 47.2 Å². The van der Waals surface area contributed by atoms with Gasteiger partial charge in [-0.2, -0.15) is 0 Å². The van der Waals surface area contributed by atoms with Gasteiger partial charge in [0.2, 0.25) is 5.88 Å². The van der Waals surface area contributed by atoms with Gasteiger partial charge in [-0.15, -0.1) is 0 Å². The number of aryl methyl sites for hydroxylation is 2. The Labute approximate surface area is 153 Å². The van der Waals surface area contributed by atoms with Crippen LogP contribution in [0, 0.1) is 13.8 Å². The van der Waals surface area contributed by atoms with Gasteiger partial charge in [-0.1, -0.05) is 28.8 Å². The maximum absolute atomic E-state index is 12.5. The first-order valence-electron chi connectivity index (χ1n) is 8.67. The number of rotatable bonds is 4. The first kappa shape index (κ1) is 17.7.